The summed E-state index contributed by atoms with van der Waals surface area (Å²) in [5.74, 6) is 0. The summed E-state index contributed by atoms with van der Waals surface area (Å²) in [6.45, 7) is 18.5. The minimum absolute atomic E-state index is 0.0118. The van der Waals surface area contributed by atoms with Crippen molar-refractivity contribution >= 4 is 73.3 Å². The van der Waals surface area contributed by atoms with Crippen molar-refractivity contribution in [2.75, 3.05) is 5.32 Å². The third-order valence-corrected chi connectivity index (χ3v) is 13.1. The highest BCUT2D eigenvalue weighted by Crippen LogP contribution is 2.51. The monoisotopic (exact) mass is 738 g/mol. The first-order valence-corrected chi connectivity index (χ1v) is 20.5. The van der Waals surface area contributed by atoms with Crippen LogP contribution in [0, 0.1) is 0 Å². The number of anilines is 2. The van der Waals surface area contributed by atoms with Gasteiger partial charge in [0.1, 0.15) is 11.2 Å². The van der Waals surface area contributed by atoms with Gasteiger partial charge in [-0.05, 0) is 97.7 Å². The summed E-state index contributed by atoms with van der Waals surface area (Å²) in [7, 11) is 0.821. The minimum atomic E-state index is -0.107. The van der Waals surface area contributed by atoms with E-state index in [-0.39, 0.29) is 16.2 Å². The highest BCUT2D eigenvalue weighted by molar-refractivity contribution is 6.73. The Labute approximate surface area is 335 Å². The molecule has 0 atom stereocenters. The Morgan fingerprint density at radius 2 is 1.30 bits per heavy atom. The first-order valence-electron chi connectivity index (χ1n) is 20.5. The van der Waals surface area contributed by atoms with Gasteiger partial charge >= 0.3 is 0 Å². The molecule has 9 aromatic rings. The number of nitrogens with zero attached hydrogens (tertiary/aromatic N) is 1. The van der Waals surface area contributed by atoms with Gasteiger partial charge < -0.3 is 14.3 Å². The van der Waals surface area contributed by atoms with E-state index in [9.17, 15) is 0 Å². The fourth-order valence-electron chi connectivity index (χ4n) is 9.95. The Morgan fingerprint density at radius 1 is 0.561 bits per heavy atom. The second-order valence-corrected chi connectivity index (χ2v) is 19.1. The lowest BCUT2D eigenvalue weighted by Crippen LogP contribution is -2.37. The van der Waals surface area contributed by atoms with Crippen molar-refractivity contribution < 1.29 is 4.42 Å². The molecule has 2 aromatic heterocycles. The topological polar surface area (TPSA) is 30.1 Å². The Morgan fingerprint density at radius 3 is 2.09 bits per heavy atom. The summed E-state index contributed by atoms with van der Waals surface area (Å²) < 4.78 is 9.12. The van der Waals surface area contributed by atoms with Crippen LogP contribution in [0.2, 0.25) is 0 Å². The second-order valence-electron chi connectivity index (χ2n) is 19.1. The lowest BCUT2D eigenvalue weighted by atomic mass is 9.59. The molecule has 2 aliphatic rings. The highest BCUT2D eigenvalue weighted by Gasteiger charge is 2.37. The smallest absolute Gasteiger partial charge is 0.198 e. The van der Waals surface area contributed by atoms with Crippen molar-refractivity contribution in [3.63, 3.8) is 0 Å². The number of hydrogen-bond acceptors (Lipinski definition) is 2. The predicted molar refractivity (Wildman–Crippen MR) is 245 cm³/mol. The van der Waals surface area contributed by atoms with Crippen LogP contribution in [-0.2, 0) is 16.2 Å². The molecular weight excluding hydrogens is 691 g/mol. The number of rotatable bonds is 3. The SMILES string of the molecule is CC(C)(C)c1ccc(Nc2ccc(C(C)(C)C)cc2-c2ccc3c4cc5c(cc4n4c3c2Bc2cc3c(cc2-4)oc2ccccc23)C(C)(C)c2ccccc2-5)cc1. The molecule has 0 saturated carbocycles. The molecule has 3 nitrogen and oxygen atoms in total. The molecule has 0 amide bonds. The first-order chi connectivity index (χ1) is 27.3. The van der Waals surface area contributed by atoms with E-state index in [1.54, 1.807) is 0 Å². The summed E-state index contributed by atoms with van der Waals surface area (Å²) in [5.41, 5.74) is 21.1. The molecule has 11 rings (SSSR count). The van der Waals surface area contributed by atoms with E-state index < -0.39 is 0 Å². The van der Waals surface area contributed by atoms with Crippen LogP contribution in [0.1, 0.15) is 77.6 Å². The fourth-order valence-corrected chi connectivity index (χ4v) is 9.95. The van der Waals surface area contributed by atoms with E-state index >= 15 is 0 Å². The average Bonchev–Trinajstić information content (AvgIpc) is 3.79. The van der Waals surface area contributed by atoms with Crippen LogP contribution in [0.5, 0.6) is 0 Å². The van der Waals surface area contributed by atoms with Gasteiger partial charge in [-0.25, -0.2) is 0 Å². The predicted octanol–water partition coefficient (Wildman–Crippen LogP) is 12.7. The molecule has 0 spiro atoms. The molecule has 7 aromatic carbocycles. The maximum absolute atomic E-state index is 6.55. The largest absolute Gasteiger partial charge is 0.456 e. The number of furan rings is 1. The fraction of sp³-hybridized carbons (Fsp3) is 0.208. The lowest BCUT2D eigenvalue weighted by molar-refractivity contribution is 0.590. The molecule has 1 aliphatic heterocycles. The molecule has 0 radical (unpaired) electrons. The molecule has 3 heterocycles. The van der Waals surface area contributed by atoms with Crippen molar-refractivity contribution in [2.24, 2.45) is 0 Å². The number of fused-ring (bicyclic) bond motifs is 11. The lowest BCUT2D eigenvalue weighted by Gasteiger charge is -2.26. The van der Waals surface area contributed by atoms with E-state index in [0.717, 1.165) is 35.2 Å². The third-order valence-electron chi connectivity index (χ3n) is 13.1. The number of hydrogen-bond donors (Lipinski definition) is 1. The average molecular weight is 739 g/mol. The number of para-hydroxylation sites is 1. The Hall–Kier alpha value is -6.00. The molecule has 0 saturated heterocycles. The van der Waals surface area contributed by atoms with Crippen molar-refractivity contribution in [2.45, 2.75) is 71.6 Å². The summed E-state index contributed by atoms with van der Waals surface area (Å²) in [4.78, 5) is 0. The maximum atomic E-state index is 6.55. The van der Waals surface area contributed by atoms with Gasteiger partial charge in [0.05, 0.1) is 5.52 Å². The van der Waals surface area contributed by atoms with E-state index in [1.165, 1.54) is 88.3 Å². The Bertz CT molecular complexity index is 3160. The molecule has 1 aliphatic carbocycles. The number of aromatic nitrogens is 1. The van der Waals surface area contributed by atoms with Gasteiger partial charge in [-0.1, -0.05) is 140 Å². The quantitative estimate of drug-likeness (QED) is 0.183. The summed E-state index contributed by atoms with van der Waals surface area (Å²) in [6.07, 6.45) is 0. The van der Waals surface area contributed by atoms with Crippen LogP contribution in [-0.4, -0.2) is 11.8 Å². The molecule has 0 unspecified atom stereocenters. The zero-order valence-electron chi connectivity index (χ0n) is 34.2. The molecule has 278 valence electrons. The van der Waals surface area contributed by atoms with Crippen LogP contribution < -0.4 is 16.2 Å². The molecule has 57 heavy (non-hydrogen) atoms. The number of benzene rings is 7. The maximum Gasteiger partial charge on any atom is 0.198 e. The first kappa shape index (κ1) is 34.3. The third kappa shape index (κ3) is 4.99. The van der Waals surface area contributed by atoms with Gasteiger partial charge in [0.2, 0.25) is 0 Å². The number of nitrogens with one attached hydrogen (secondary N) is 1. The van der Waals surface area contributed by atoms with Gasteiger partial charge in [-0.2, -0.15) is 0 Å². The summed E-state index contributed by atoms with van der Waals surface area (Å²) >= 11 is 0. The van der Waals surface area contributed by atoms with Gasteiger partial charge in [-0.15, -0.1) is 0 Å². The molecule has 0 bridgehead atoms. The van der Waals surface area contributed by atoms with Gasteiger partial charge in [0.25, 0.3) is 0 Å². The van der Waals surface area contributed by atoms with Crippen molar-refractivity contribution in [3.05, 3.63) is 150 Å². The van der Waals surface area contributed by atoms with E-state index in [1.807, 2.05) is 0 Å². The minimum Gasteiger partial charge on any atom is -0.456 e. The van der Waals surface area contributed by atoms with Crippen molar-refractivity contribution in [1.82, 2.24) is 4.57 Å². The van der Waals surface area contributed by atoms with Crippen LogP contribution in [0.4, 0.5) is 11.4 Å². The van der Waals surface area contributed by atoms with E-state index in [4.69, 9.17) is 4.42 Å². The van der Waals surface area contributed by atoms with Crippen LogP contribution in [0.15, 0.2) is 132 Å². The summed E-state index contributed by atoms with van der Waals surface area (Å²) in [5, 5.41) is 8.80. The van der Waals surface area contributed by atoms with E-state index in [2.05, 4.69) is 193 Å². The molecule has 1 N–H and O–H groups in total. The summed E-state index contributed by atoms with van der Waals surface area (Å²) in [6, 6.07) is 47.9. The molecule has 4 heteroatoms. The Balaban J connectivity index is 1.20. The van der Waals surface area contributed by atoms with Gasteiger partial charge in [0, 0.05) is 61.2 Å². The Kier molecular flexibility index (Phi) is 6.94. The van der Waals surface area contributed by atoms with Crippen LogP contribution in [0.25, 0.3) is 71.7 Å². The highest BCUT2D eigenvalue weighted by atomic mass is 16.3. The zero-order chi connectivity index (χ0) is 39.2. The zero-order valence-corrected chi connectivity index (χ0v) is 34.2. The standard InChI is InChI=1S/C53H47BN2O/c1-51(2,3)30-17-20-32(21-18-30)55-44-24-19-31(52(4,5)6)25-38(44)35-22-23-36-39-26-37-33-13-9-11-15-41(33)53(7,8)42(37)28-45(39)56-46-29-48-40(27-43(46)54-49(35)50(36)56)34-14-10-12-16-47(34)57-48/h9-29,54-55H,1-8H3. The van der Waals surface area contributed by atoms with Gasteiger partial charge in [-0.3, -0.25) is 0 Å². The molecular formula is C53H47BN2O. The second kappa shape index (κ2) is 11.5. The van der Waals surface area contributed by atoms with Gasteiger partial charge in [0.15, 0.2) is 7.28 Å². The van der Waals surface area contributed by atoms with Crippen LogP contribution >= 0.6 is 0 Å². The molecule has 0 fully saturated rings. The van der Waals surface area contributed by atoms with E-state index in [0.29, 0.717) is 0 Å². The van der Waals surface area contributed by atoms with Crippen LogP contribution in [0.3, 0.4) is 0 Å². The van der Waals surface area contributed by atoms with Crippen molar-refractivity contribution in [3.8, 4) is 27.9 Å². The normalized spacial score (nSPS) is 14.2. The van der Waals surface area contributed by atoms with Crippen molar-refractivity contribution in [1.29, 1.82) is 0 Å².